The van der Waals surface area contributed by atoms with Crippen LogP contribution in [-0.2, 0) is 30.9 Å². The van der Waals surface area contributed by atoms with E-state index in [4.69, 9.17) is 4.74 Å². The first-order valence-electron chi connectivity index (χ1n) is 16.9. The molecule has 3 heterocycles. The Morgan fingerprint density at radius 3 is 2.49 bits per heavy atom. The summed E-state index contributed by atoms with van der Waals surface area (Å²) in [5.41, 5.74) is 1.32. The molecule has 0 bridgehead atoms. The number of nitrogens with zero attached hydrogens (tertiary/aromatic N) is 4. The summed E-state index contributed by atoms with van der Waals surface area (Å²) >= 11 is 0. The van der Waals surface area contributed by atoms with Crippen molar-refractivity contribution < 1.29 is 22.7 Å². The SMILES string of the molecule is Cc1ccc(S(=O)(=O)n2cc(CN3CCC(C#N)(NC(=O)[C@@H](CC(=O)N4CCOCC4)CC4CCCCC4)C3)c3ccccc32)cc1. The van der Waals surface area contributed by atoms with Gasteiger partial charge in [0.1, 0.15) is 5.54 Å². The molecule has 11 heteroatoms. The summed E-state index contributed by atoms with van der Waals surface area (Å²) in [5, 5.41) is 14.3. The fourth-order valence-corrected chi connectivity index (χ4v) is 8.84. The zero-order valence-corrected chi connectivity index (χ0v) is 28.0. The third-order valence-corrected chi connectivity index (χ3v) is 11.8. The Morgan fingerprint density at radius 2 is 1.77 bits per heavy atom. The number of ether oxygens (including phenoxy) is 1. The van der Waals surface area contributed by atoms with Crippen LogP contribution in [0.1, 0.15) is 62.5 Å². The molecule has 47 heavy (non-hydrogen) atoms. The third-order valence-electron chi connectivity index (χ3n) is 10.2. The second kappa shape index (κ2) is 14.2. The van der Waals surface area contributed by atoms with Crippen LogP contribution in [0.3, 0.4) is 0 Å². The summed E-state index contributed by atoms with van der Waals surface area (Å²) < 4.78 is 34.1. The van der Waals surface area contributed by atoms with E-state index in [1.165, 1.54) is 10.4 Å². The molecule has 3 aromatic rings. The molecule has 1 N–H and O–H groups in total. The number of likely N-dealkylation sites (tertiary alicyclic amines) is 1. The van der Waals surface area contributed by atoms with Gasteiger partial charge in [0, 0.05) is 56.6 Å². The average Bonchev–Trinajstić information content (AvgIpc) is 3.67. The molecule has 2 amide bonds. The minimum Gasteiger partial charge on any atom is -0.378 e. The number of benzene rings is 2. The Morgan fingerprint density at radius 1 is 1.04 bits per heavy atom. The monoisotopic (exact) mass is 659 g/mol. The van der Waals surface area contributed by atoms with Gasteiger partial charge in [-0.15, -0.1) is 0 Å². The van der Waals surface area contributed by atoms with Crippen LogP contribution in [0.25, 0.3) is 10.9 Å². The van der Waals surface area contributed by atoms with Gasteiger partial charge in [-0.3, -0.25) is 14.5 Å². The second-order valence-electron chi connectivity index (χ2n) is 13.6. The maximum Gasteiger partial charge on any atom is 0.268 e. The lowest BCUT2D eigenvalue weighted by atomic mass is 9.81. The number of carbonyl (C=O) groups excluding carboxylic acids is 2. The molecule has 1 saturated carbocycles. The van der Waals surface area contributed by atoms with Crippen LogP contribution in [0.15, 0.2) is 59.6 Å². The number of nitrogens with one attached hydrogen (secondary N) is 1. The van der Waals surface area contributed by atoms with Crippen molar-refractivity contribution in [3.63, 3.8) is 0 Å². The van der Waals surface area contributed by atoms with Crippen LogP contribution in [0, 0.1) is 30.1 Å². The number of hydrogen-bond donors (Lipinski definition) is 1. The zero-order chi connectivity index (χ0) is 33.0. The van der Waals surface area contributed by atoms with Crippen molar-refractivity contribution in [2.24, 2.45) is 11.8 Å². The molecule has 1 aromatic heterocycles. The molecular formula is C36H45N5O5S. The molecular weight excluding hydrogens is 614 g/mol. The fourth-order valence-electron chi connectivity index (χ4n) is 7.45. The van der Waals surface area contributed by atoms with Gasteiger partial charge in [-0.25, -0.2) is 12.4 Å². The number of aryl methyl sites for hydroxylation is 1. The summed E-state index contributed by atoms with van der Waals surface area (Å²) in [6.07, 6.45) is 8.58. The summed E-state index contributed by atoms with van der Waals surface area (Å²) in [4.78, 5) is 31.3. The van der Waals surface area contributed by atoms with E-state index in [0.29, 0.717) is 70.2 Å². The Balaban J connectivity index is 1.18. The fraction of sp³-hybridized carbons (Fsp3) is 0.528. The first-order valence-corrected chi connectivity index (χ1v) is 18.3. The van der Waals surface area contributed by atoms with Gasteiger partial charge in [-0.05, 0) is 49.4 Å². The van der Waals surface area contributed by atoms with Crippen LogP contribution in [0.4, 0.5) is 0 Å². The smallest absolute Gasteiger partial charge is 0.268 e. The van der Waals surface area contributed by atoms with E-state index >= 15 is 0 Å². The molecule has 2 saturated heterocycles. The van der Waals surface area contributed by atoms with Crippen LogP contribution in [0.5, 0.6) is 0 Å². The third kappa shape index (κ3) is 7.40. The number of amides is 2. The molecule has 3 fully saturated rings. The lowest BCUT2D eigenvalue weighted by molar-refractivity contribution is -0.140. The number of para-hydroxylation sites is 1. The maximum absolute atomic E-state index is 13.9. The molecule has 2 aromatic carbocycles. The standard InChI is InChI=1S/C36H45N5O5S/c1-27-11-13-31(14-12-27)47(44,45)41-24-30(32-9-5-6-10-33(32)41)23-39-16-15-36(25-37,26-39)38-35(43)29(21-28-7-3-2-4-8-28)22-34(42)40-17-19-46-20-18-40/h5-6,9-14,24,28-29H,2-4,7-8,15-23,26H2,1H3,(H,38,43)/t29-,36?/m1/s1. The van der Waals surface area contributed by atoms with Crippen molar-refractivity contribution in [1.82, 2.24) is 19.1 Å². The van der Waals surface area contributed by atoms with E-state index < -0.39 is 21.5 Å². The predicted octanol–water partition coefficient (Wildman–Crippen LogP) is 4.61. The van der Waals surface area contributed by atoms with Gasteiger partial charge in [-0.1, -0.05) is 68.0 Å². The molecule has 2 aliphatic heterocycles. The first-order chi connectivity index (χ1) is 22.7. The minimum absolute atomic E-state index is 0.0275. The van der Waals surface area contributed by atoms with Crippen LogP contribution >= 0.6 is 0 Å². The topological polar surface area (TPSA) is 125 Å². The van der Waals surface area contributed by atoms with Gasteiger partial charge in [0.2, 0.25) is 11.8 Å². The number of fused-ring (bicyclic) bond motifs is 1. The van der Waals surface area contributed by atoms with Gasteiger partial charge in [-0.2, -0.15) is 5.26 Å². The van der Waals surface area contributed by atoms with E-state index in [2.05, 4.69) is 16.3 Å². The van der Waals surface area contributed by atoms with Crippen LogP contribution in [-0.4, -0.2) is 78.9 Å². The first kappa shape index (κ1) is 33.2. The lowest BCUT2D eigenvalue weighted by Gasteiger charge is -2.32. The Bertz CT molecular complexity index is 1740. The number of nitriles is 1. The lowest BCUT2D eigenvalue weighted by Crippen LogP contribution is -2.52. The molecule has 0 spiro atoms. The molecule has 2 atom stereocenters. The number of morpholine rings is 1. The highest BCUT2D eigenvalue weighted by atomic mass is 32.2. The largest absolute Gasteiger partial charge is 0.378 e. The summed E-state index contributed by atoms with van der Waals surface area (Å²) in [6, 6.07) is 16.7. The number of rotatable bonds is 10. The van der Waals surface area contributed by atoms with Gasteiger partial charge in [0.25, 0.3) is 10.0 Å². The number of hydrogen-bond acceptors (Lipinski definition) is 7. The predicted molar refractivity (Wildman–Crippen MR) is 179 cm³/mol. The summed E-state index contributed by atoms with van der Waals surface area (Å²) in [5.74, 6) is -0.331. The van der Waals surface area contributed by atoms with Crippen molar-refractivity contribution in [2.45, 2.75) is 75.3 Å². The van der Waals surface area contributed by atoms with Crippen molar-refractivity contribution in [1.29, 1.82) is 5.26 Å². The molecule has 6 rings (SSSR count). The molecule has 10 nitrogen and oxygen atoms in total. The Labute approximate surface area is 277 Å². The Hall–Kier alpha value is -3.72. The average molecular weight is 660 g/mol. The van der Waals surface area contributed by atoms with Crippen molar-refractivity contribution in [2.75, 3.05) is 39.4 Å². The summed E-state index contributed by atoms with van der Waals surface area (Å²) in [6.45, 7) is 5.32. The van der Waals surface area contributed by atoms with Crippen molar-refractivity contribution >= 4 is 32.7 Å². The van der Waals surface area contributed by atoms with Crippen molar-refractivity contribution in [3.05, 3.63) is 65.9 Å². The zero-order valence-electron chi connectivity index (χ0n) is 27.2. The highest BCUT2D eigenvalue weighted by molar-refractivity contribution is 7.90. The van der Waals surface area contributed by atoms with Crippen LogP contribution in [0.2, 0.25) is 0 Å². The number of aromatic nitrogens is 1. The van der Waals surface area contributed by atoms with E-state index in [9.17, 15) is 23.3 Å². The molecule has 1 aliphatic carbocycles. The molecule has 250 valence electrons. The normalized spacial score (nSPS) is 21.8. The molecule has 1 unspecified atom stereocenters. The van der Waals surface area contributed by atoms with E-state index in [1.54, 1.807) is 41.4 Å². The maximum atomic E-state index is 13.9. The van der Waals surface area contributed by atoms with E-state index in [1.807, 2.05) is 25.1 Å². The van der Waals surface area contributed by atoms with Crippen LogP contribution < -0.4 is 5.32 Å². The van der Waals surface area contributed by atoms with Crippen molar-refractivity contribution in [3.8, 4) is 6.07 Å². The highest BCUT2D eigenvalue weighted by Gasteiger charge is 2.42. The minimum atomic E-state index is -3.83. The molecule has 3 aliphatic rings. The molecule has 0 radical (unpaired) electrons. The summed E-state index contributed by atoms with van der Waals surface area (Å²) in [7, 11) is -3.83. The van der Waals surface area contributed by atoms with Gasteiger partial charge < -0.3 is 15.0 Å². The second-order valence-corrected chi connectivity index (χ2v) is 15.4. The van der Waals surface area contributed by atoms with Gasteiger partial charge >= 0.3 is 0 Å². The highest BCUT2D eigenvalue weighted by Crippen LogP contribution is 2.33. The van der Waals surface area contributed by atoms with Gasteiger partial charge in [0.15, 0.2) is 0 Å². The Kier molecular flexibility index (Phi) is 10.0. The van der Waals surface area contributed by atoms with E-state index in [-0.39, 0.29) is 23.1 Å². The van der Waals surface area contributed by atoms with Gasteiger partial charge in [0.05, 0.1) is 29.7 Å². The number of carbonyl (C=O) groups is 2. The van der Waals surface area contributed by atoms with E-state index in [0.717, 1.165) is 42.2 Å². The quantitative estimate of drug-likeness (QED) is 0.337.